The predicted octanol–water partition coefficient (Wildman–Crippen LogP) is 2.26. The van der Waals surface area contributed by atoms with E-state index >= 15 is 0 Å². The molecule has 1 aromatic carbocycles. The largest absolute Gasteiger partial charge is 0.383 e. The number of nitrogens with zero attached hydrogens (tertiary/aromatic N) is 5. The van der Waals surface area contributed by atoms with Crippen LogP contribution in [0.15, 0.2) is 55.0 Å². The third-order valence-corrected chi connectivity index (χ3v) is 5.23. The van der Waals surface area contributed by atoms with Gasteiger partial charge < -0.3 is 16.4 Å². The van der Waals surface area contributed by atoms with E-state index in [9.17, 15) is 4.79 Å². The molecule has 1 amide bonds. The molecule has 3 aromatic heterocycles. The predicted molar refractivity (Wildman–Crippen MR) is 114 cm³/mol. The Kier molecular flexibility index (Phi) is 4.56. The molecular formula is C21H20N8O. The summed E-state index contributed by atoms with van der Waals surface area (Å²) in [6, 6.07) is 12.8. The molecule has 0 bridgehead atoms. The van der Waals surface area contributed by atoms with Crippen LogP contribution in [0.3, 0.4) is 0 Å². The number of rotatable bonds is 4. The zero-order valence-electron chi connectivity index (χ0n) is 16.1. The molecule has 30 heavy (non-hydrogen) atoms. The first-order chi connectivity index (χ1) is 14.7. The minimum absolute atomic E-state index is 0.221. The molecule has 0 unspecified atom stereocenters. The van der Waals surface area contributed by atoms with Gasteiger partial charge in [0.05, 0.1) is 11.4 Å². The minimum atomic E-state index is -0.226. The van der Waals surface area contributed by atoms with Crippen LogP contribution in [0.4, 0.5) is 11.6 Å². The average Bonchev–Trinajstić information content (AvgIpc) is 3.43. The van der Waals surface area contributed by atoms with Gasteiger partial charge in [0.2, 0.25) is 0 Å². The summed E-state index contributed by atoms with van der Waals surface area (Å²) >= 11 is 0. The number of aromatic nitrogens is 5. The zero-order valence-corrected chi connectivity index (χ0v) is 16.1. The molecule has 0 saturated carbocycles. The van der Waals surface area contributed by atoms with Gasteiger partial charge in [0.1, 0.15) is 23.7 Å². The fourth-order valence-electron chi connectivity index (χ4n) is 3.70. The standard InChI is InChI=1S/C21H20N8O/c22-19-17-18(28-29(15-8-10-23-11-15)20(17)26-12-25-19)13-4-6-14(7-5-13)21(30)27-16-3-1-2-9-24-16/h1-7,9,12,15,23H,8,10-11H2,(H2,22,25,26)(H,24,27,30)/t15-/m1/s1. The Hall–Kier alpha value is -3.85. The van der Waals surface area contributed by atoms with Crippen molar-refractivity contribution in [3.05, 3.63) is 60.6 Å². The Labute approximate surface area is 172 Å². The van der Waals surface area contributed by atoms with Crippen LogP contribution in [0.5, 0.6) is 0 Å². The molecule has 1 aliphatic rings. The van der Waals surface area contributed by atoms with E-state index in [1.165, 1.54) is 6.33 Å². The number of anilines is 2. The summed E-state index contributed by atoms with van der Waals surface area (Å²) in [5, 5.41) is 11.7. The Morgan fingerprint density at radius 2 is 2.00 bits per heavy atom. The van der Waals surface area contributed by atoms with Crippen molar-refractivity contribution in [3.63, 3.8) is 0 Å². The summed E-state index contributed by atoms with van der Waals surface area (Å²) in [5.41, 5.74) is 8.99. The lowest BCUT2D eigenvalue weighted by Gasteiger charge is -2.09. The van der Waals surface area contributed by atoms with Crippen LogP contribution >= 0.6 is 0 Å². The van der Waals surface area contributed by atoms with Crippen LogP contribution in [-0.2, 0) is 0 Å². The molecule has 5 rings (SSSR count). The van der Waals surface area contributed by atoms with Gasteiger partial charge in [0, 0.05) is 23.9 Å². The molecule has 4 heterocycles. The number of benzene rings is 1. The highest BCUT2D eigenvalue weighted by Gasteiger charge is 2.24. The minimum Gasteiger partial charge on any atom is -0.383 e. The molecule has 0 aliphatic carbocycles. The summed E-state index contributed by atoms with van der Waals surface area (Å²) in [4.78, 5) is 25.2. The molecular weight excluding hydrogens is 380 g/mol. The first kappa shape index (κ1) is 18.2. The molecule has 1 saturated heterocycles. The van der Waals surface area contributed by atoms with E-state index in [0.29, 0.717) is 22.9 Å². The molecule has 1 atom stereocenters. The van der Waals surface area contributed by atoms with E-state index in [-0.39, 0.29) is 11.9 Å². The first-order valence-electron chi connectivity index (χ1n) is 9.73. The number of nitrogens with two attached hydrogens (primary N) is 1. The summed E-state index contributed by atoms with van der Waals surface area (Å²) in [6.45, 7) is 1.79. The number of hydrogen-bond donors (Lipinski definition) is 3. The molecule has 0 spiro atoms. The summed E-state index contributed by atoms with van der Waals surface area (Å²) in [5.74, 6) is 0.672. The van der Waals surface area contributed by atoms with Crippen LogP contribution in [0.2, 0.25) is 0 Å². The van der Waals surface area contributed by atoms with Gasteiger partial charge in [-0.3, -0.25) is 4.79 Å². The summed E-state index contributed by atoms with van der Waals surface area (Å²) in [7, 11) is 0. The number of nitrogen functional groups attached to an aromatic ring is 1. The number of nitrogens with one attached hydrogen (secondary N) is 2. The monoisotopic (exact) mass is 400 g/mol. The smallest absolute Gasteiger partial charge is 0.256 e. The van der Waals surface area contributed by atoms with Crippen molar-refractivity contribution in [3.8, 4) is 11.3 Å². The van der Waals surface area contributed by atoms with Gasteiger partial charge in [0.15, 0.2) is 5.65 Å². The van der Waals surface area contributed by atoms with Crippen LogP contribution in [0.1, 0.15) is 22.8 Å². The van der Waals surface area contributed by atoms with Crippen molar-refractivity contribution in [2.24, 2.45) is 0 Å². The molecule has 9 nitrogen and oxygen atoms in total. The highest BCUT2D eigenvalue weighted by molar-refractivity contribution is 6.04. The maximum Gasteiger partial charge on any atom is 0.256 e. The number of amides is 1. The third kappa shape index (κ3) is 3.25. The zero-order chi connectivity index (χ0) is 20.5. The molecule has 9 heteroatoms. The van der Waals surface area contributed by atoms with Crippen molar-refractivity contribution in [1.82, 2.24) is 30.0 Å². The van der Waals surface area contributed by atoms with Gasteiger partial charge in [0.25, 0.3) is 5.91 Å². The van der Waals surface area contributed by atoms with Crippen LogP contribution in [0, 0.1) is 0 Å². The van der Waals surface area contributed by atoms with Crippen molar-refractivity contribution >= 4 is 28.6 Å². The Morgan fingerprint density at radius 3 is 2.73 bits per heavy atom. The third-order valence-electron chi connectivity index (χ3n) is 5.23. The van der Waals surface area contributed by atoms with E-state index in [1.807, 2.05) is 22.9 Å². The summed E-state index contributed by atoms with van der Waals surface area (Å²) < 4.78 is 1.93. The van der Waals surface area contributed by atoms with Gasteiger partial charge in [-0.2, -0.15) is 5.10 Å². The Bertz CT molecular complexity index is 1200. The van der Waals surface area contributed by atoms with E-state index in [0.717, 1.165) is 36.1 Å². The van der Waals surface area contributed by atoms with Crippen LogP contribution in [0.25, 0.3) is 22.3 Å². The number of fused-ring (bicyclic) bond motifs is 1. The van der Waals surface area contributed by atoms with Gasteiger partial charge in [-0.1, -0.05) is 18.2 Å². The quantitative estimate of drug-likeness (QED) is 0.480. The highest BCUT2D eigenvalue weighted by atomic mass is 16.1. The van der Waals surface area contributed by atoms with E-state index in [1.54, 1.807) is 30.5 Å². The van der Waals surface area contributed by atoms with E-state index < -0.39 is 0 Å². The summed E-state index contributed by atoms with van der Waals surface area (Å²) in [6.07, 6.45) is 4.08. The normalized spacial score (nSPS) is 16.1. The maximum absolute atomic E-state index is 12.5. The second kappa shape index (κ2) is 7.53. The fourth-order valence-corrected chi connectivity index (χ4v) is 3.70. The fraction of sp³-hybridized carbons (Fsp3) is 0.190. The molecule has 4 N–H and O–H groups in total. The SMILES string of the molecule is Nc1ncnc2c1c(-c1ccc(C(=O)Nc3ccccn3)cc1)nn2[C@@H]1CCNC1. The first-order valence-corrected chi connectivity index (χ1v) is 9.73. The van der Waals surface area contributed by atoms with Gasteiger partial charge >= 0.3 is 0 Å². The second-order valence-corrected chi connectivity index (χ2v) is 7.14. The highest BCUT2D eigenvalue weighted by Crippen LogP contribution is 2.32. The van der Waals surface area contributed by atoms with Gasteiger partial charge in [-0.05, 0) is 37.2 Å². The van der Waals surface area contributed by atoms with E-state index in [4.69, 9.17) is 10.8 Å². The van der Waals surface area contributed by atoms with E-state index in [2.05, 4.69) is 25.6 Å². The second-order valence-electron chi connectivity index (χ2n) is 7.14. The number of carbonyl (C=O) groups is 1. The number of hydrogen-bond acceptors (Lipinski definition) is 7. The number of pyridine rings is 1. The lowest BCUT2D eigenvalue weighted by Crippen LogP contribution is -2.15. The Balaban J connectivity index is 1.49. The lowest BCUT2D eigenvalue weighted by atomic mass is 10.1. The van der Waals surface area contributed by atoms with Crippen molar-refractivity contribution < 1.29 is 4.79 Å². The molecule has 0 radical (unpaired) electrons. The van der Waals surface area contributed by atoms with Gasteiger partial charge in [-0.25, -0.2) is 19.6 Å². The van der Waals surface area contributed by atoms with Crippen LogP contribution < -0.4 is 16.4 Å². The van der Waals surface area contributed by atoms with Crippen molar-refractivity contribution in [1.29, 1.82) is 0 Å². The topological polar surface area (TPSA) is 124 Å². The average molecular weight is 400 g/mol. The molecule has 150 valence electrons. The number of carbonyl (C=O) groups excluding carboxylic acids is 1. The molecule has 1 fully saturated rings. The van der Waals surface area contributed by atoms with Gasteiger partial charge in [-0.15, -0.1) is 0 Å². The van der Waals surface area contributed by atoms with Crippen LogP contribution in [-0.4, -0.2) is 43.7 Å². The van der Waals surface area contributed by atoms with Crippen molar-refractivity contribution in [2.45, 2.75) is 12.5 Å². The molecule has 1 aliphatic heterocycles. The maximum atomic E-state index is 12.5. The Morgan fingerprint density at radius 1 is 1.13 bits per heavy atom. The lowest BCUT2D eigenvalue weighted by molar-refractivity contribution is 0.102. The van der Waals surface area contributed by atoms with Crippen molar-refractivity contribution in [2.75, 3.05) is 24.1 Å². The molecule has 4 aromatic rings.